The van der Waals surface area contributed by atoms with E-state index in [1.165, 1.54) is 0 Å². The monoisotopic (exact) mass is 598 g/mol. The lowest BCUT2D eigenvalue weighted by atomic mass is 10.0. The number of amides is 2. The van der Waals surface area contributed by atoms with E-state index in [-0.39, 0.29) is 31.0 Å². The van der Waals surface area contributed by atoms with Gasteiger partial charge in [-0.2, -0.15) is 0 Å². The molecule has 1 aromatic heterocycles. The number of rotatable bonds is 11. The number of nitrogens with one attached hydrogen (secondary N) is 1. The lowest BCUT2D eigenvalue weighted by Crippen LogP contribution is -2.46. The summed E-state index contributed by atoms with van der Waals surface area (Å²) in [6.07, 6.45) is 1.84. The van der Waals surface area contributed by atoms with Crippen LogP contribution in [0.1, 0.15) is 30.0 Å². The Morgan fingerprint density at radius 2 is 1.80 bits per heavy atom. The second-order valence-corrected chi connectivity index (χ2v) is 11.1. The highest BCUT2D eigenvalue weighted by Crippen LogP contribution is 2.28. The Bertz CT molecular complexity index is 1550. The number of hydrogen-bond acceptors (Lipinski definition) is 8. The fraction of sp³-hybridized carbons (Fsp3) is 0.394. The maximum Gasteiger partial charge on any atom is 0.247 e. The molecule has 2 amide bonds. The van der Waals surface area contributed by atoms with Gasteiger partial charge >= 0.3 is 0 Å². The molecule has 3 aromatic carbocycles. The minimum absolute atomic E-state index is 0.0319. The first-order valence-corrected chi connectivity index (χ1v) is 15.1. The standard InChI is InChI=1S/C33H38N6O5/c1-42-27-14-8-24(9-15-27)22-38(31(40)23-39-30-7-3-2-6-29(30)35-36-39)32(33(41)34-21-28-5-4-18-44-28)25-10-12-26(13-11-25)37-16-19-43-20-17-37/h2-3,6-15,28,32H,4-5,16-23H2,1H3,(H,34,41)/t28-,32+/m1/s1. The molecule has 11 nitrogen and oxygen atoms in total. The number of methoxy groups -OCH3 is 1. The molecule has 2 atom stereocenters. The van der Waals surface area contributed by atoms with E-state index in [4.69, 9.17) is 14.2 Å². The molecule has 0 bridgehead atoms. The van der Waals surface area contributed by atoms with Crippen LogP contribution in [0.2, 0.25) is 0 Å². The SMILES string of the molecule is COc1ccc(CN(C(=O)Cn2nnc3ccccc32)[C@H](C(=O)NC[C@H]2CCCO2)c2ccc(N3CCOCC3)cc2)cc1. The molecule has 3 heterocycles. The average Bonchev–Trinajstić information content (AvgIpc) is 3.75. The smallest absolute Gasteiger partial charge is 0.247 e. The second-order valence-electron chi connectivity index (χ2n) is 11.1. The first kappa shape index (κ1) is 29.6. The average molecular weight is 599 g/mol. The molecule has 0 spiro atoms. The highest BCUT2D eigenvalue weighted by molar-refractivity contribution is 5.89. The highest BCUT2D eigenvalue weighted by atomic mass is 16.5. The maximum atomic E-state index is 14.3. The van der Waals surface area contributed by atoms with Crippen LogP contribution >= 0.6 is 0 Å². The second kappa shape index (κ2) is 13.9. The van der Waals surface area contributed by atoms with Gasteiger partial charge in [-0.15, -0.1) is 5.10 Å². The molecule has 11 heteroatoms. The number of nitrogens with zero attached hydrogens (tertiary/aromatic N) is 5. The molecular weight excluding hydrogens is 560 g/mol. The van der Waals surface area contributed by atoms with Crippen LogP contribution in [0.5, 0.6) is 5.75 Å². The van der Waals surface area contributed by atoms with Crippen LogP contribution in [-0.4, -0.2) is 84.4 Å². The fourth-order valence-corrected chi connectivity index (χ4v) is 5.78. The van der Waals surface area contributed by atoms with E-state index in [0.29, 0.717) is 37.6 Å². The molecule has 2 aliphatic heterocycles. The highest BCUT2D eigenvalue weighted by Gasteiger charge is 2.33. The van der Waals surface area contributed by atoms with E-state index in [1.54, 1.807) is 16.7 Å². The van der Waals surface area contributed by atoms with E-state index in [2.05, 4.69) is 20.5 Å². The van der Waals surface area contributed by atoms with Crippen molar-refractivity contribution in [1.29, 1.82) is 0 Å². The summed E-state index contributed by atoms with van der Waals surface area (Å²) in [5.74, 6) is 0.196. The van der Waals surface area contributed by atoms with Gasteiger partial charge in [0, 0.05) is 38.5 Å². The lowest BCUT2D eigenvalue weighted by Gasteiger charge is -2.33. The third-order valence-electron chi connectivity index (χ3n) is 8.21. The summed E-state index contributed by atoms with van der Waals surface area (Å²) in [7, 11) is 1.61. The van der Waals surface area contributed by atoms with Crippen molar-refractivity contribution >= 4 is 28.5 Å². The summed E-state index contributed by atoms with van der Waals surface area (Å²) in [6.45, 7) is 4.18. The van der Waals surface area contributed by atoms with Crippen LogP contribution < -0.4 is 15.0 Å². The number of hydrogen-bond donors (Lipinski definition) is 1. The van der Waals surface area contributed by atoms with Crippen molar-refractivity contribution in [3.05, 3.63) is 83.9 Å². The number of morpholine rings is 1. The quantitative estimate of drug-likeness (QED) is 0.280. The molecule has 0 unspecified atom stereocenters. The Morgan fingerprint density at radius 1 is 1.02 bits per heavy atom. The van der Waals surface area contributed by atoms with E-state index in [1.807, 2.05) is 72.8 Å². The normalized spacial score (nSPS) is 17.4. The minimum atomic E-state index is -0.889. The van der Waals surface area contributed by atoms with Crippen molar-refractivity contribution in [3.8, 4) is 5.75 Å². The molecule has 44 heavy (non-hydrogen) atoms. The Hall–Kier alpha value is -4.48. The van der Waals surface area contributed by atoms with Gasteiger partial charge in [0.25, 0.3) is 0 Å². The number of benzene rings is 3. The van der Waals surface area contributed by atoms with E-state index < -0.39 is 6.04 Å². The molecule has 0 radical (unpaired) electrons. The predicted octanol–water partition coefficient (Wildman–Crippen LogP) is 3.34. The van der Waals surface area contributed by atoms with Gasteiger partial charge in [0.15, 0.2) is 0 Å². The predicted molar refractivity (Wildman–Crippen MR) is 165 cm³/mol. The Morgan fingerprint density at radius 3 is 2.52 bits per heavy atom. The third kappa shape index (κ3) is 6.84. The summed E-state index contributed by atoms with van der Waals surface area (Å²) in [5.41, 5.74) is 4.09. The Labute approximate surface area is 256 Å². The first-order chi connectivity index (χ1) is 21.6. The largest absolute Gasteiger partial charge is 0.497 e. The van der Waals surface area contributed by atoms with Crippen LogP contribution in [0.3, 0.4) is 0 Å². The number of carbonyl (C=O) groups excluding carboxylic acids is 2. The Balaban J connectivity index is 1.34. The van der Waals surface area contributed by atoms with Crippen LogP contribution in [0, 0.1) is 0 Å². The number of ether oxygens (including phenoxy) is 3. The van der Waals surface area contributed by atoms with Crippen molar-refractivity contribution in [3.63, 3.8) is 0 Å². The van der Waals surface area contributed by atoms with Crippen LogP contribution in [-0.2, 0) is 32.2 Å². The Kier molecular flexibility index (Phi) is 9.33. The number of aromatic nitrogens is 3. The zero-order chi connectivity index (χ0) is 30.3. The van der Waals surface area contributed by atoms with Gasteiger partial charge in [0.1, 0.15) is 23.9 Å². The molecule has 1 N–H and O–H groups in total. The summed E-state index contributed by atoms with van der Waals surface area (Å²) < 4.78 is 18.2. The van der Waals surface area contributed by atoms with Crippen molar-refractivity contribution < 1.29 is 23.8 Å². The maximum absolute atomic E-state index is 14.3. The van der Waals surface area contributed by atoms with Gasteiger partial charge in [0.2, 0.25) is 11.8 Å². The van der Waals surface area contributed by atoms with Crippen molar-refractivity contribution in [2.75, 3.05) is 51.5 Å². The first-order valence-electron chi connectivity index (χ1n) is 15.1. The van der Waals surface area contributed by atoms with Gasteiger partial charge < -0.3 is 29.3 Å². The van der Waals surface area contributed by atoms with E-state index in [9.17, 15) is 9.59 Å². The number of fused-ring (bicyclic) bond motifs is 1. The molecule has 0 saturated carbocycles. The zero-order valence-electron chi connectivity index (χ0n) is 24.9. The number of carbonyl (C=O) groups is 2. The van der Waals surface area contributed by atoms with Gasteiger partial charge in [-0.3, -0.25) is 9.59 Å². The van der Waals surface area contributed by atoms with Crippen LogP contribution in [0.15, 0.2) is 72.8 Å². The molecule has 0 aliphatic carbocycles. The molecule has 2 saturated heterocycles. The molecule has 2 fully saturated rings. The number of para-hydroxylation sites is 1. The van der Waals surface area contributed by atoms with Crippen molar-refractivity contribution in [2.45, 2.75) is 38.1 Å². The minimum Gasteiger partial charge on any atom is -0.497 e. The van der Waals surface area contributed by atoms with Crippen molar-refractivity contribution in [2.24, 2.45) is 0 Å². The molecule has 4 aromatic rings. The van der Waals surface area contributed by atoms with Gasteiger partial charge in [0.05, 0.1) is 31.9 Å². The van der Waals surface area contributed by atoms with E-state index in [0.717, 1.165) is 48.3 Å². The molecule has 6 rings (SSSR count). The van der Waals surface area contributed by atoms with Crippen molar-refractivity contribution in [1.82, 2.24) is 25.2 Å². The number of anilines is 1. The summed E-state index contributed by atoms with van der Waals surface area (Å²) in [4.78, 5) is 32.2. The van der Waals surface area contributed by atoms with Gasteiger partial charge in [-0.25, -0.2) is 4.68 Å². The van der Waals surface area contributed by atoms with Gasteiger partial charge in [-0.1, -0.05) is 41.6 Å². The third-order valence-corrected chi connectivity index (χ3v) is 8.21. The topological polar surface area (TPSA) is 111 Å². The van der Waals surface area contributed by atoms with E-state index >= 15 is 0 Å². The summed E-state index contributed by atoms with van der Waals surface area (Å²) in [6, 6.07) is 22.1. The molecule has 2 aliphatic rings. The zero-order valence-corrected chi connectivity index (χ0v) is 24.9. The molecule has 230 valence electrons. The lowest BCUT2D eigenvalue weighted by molar-refractivity contribution is -0.142. The summed E-state index contributed by atoms with van der Waals surface area (Å²) in [5, 5.41) is 11.6. The van der Waals surface area contributed by atoms with Crippen LogP contribution in [0.4, 0.5) is 5.69 Å². The molecular formula is C33H38N6O5. The van der Waals surface area contributed by atoms with Gasteiger partial charge in [-0.05, 0) is 60.4 Å². The fourth-order valence-electron chi connectivity index (χ4n) is 5.78. The van der Waals surface area contributed by atoms with Crippen LogP contribution in [0.25, 0.3) is 11.0 Å². The summed E-state index contributed by atoms with van der Waals surface area (Å²) >= 11 is 0.